The van der Waals surface area contributed by atoms with E-state index in [1.54, 1.807) is 0 Å². The maximum Gasteiger partial charge on any atom is 0.0348 e. The highest BCUT2D eigenvalue weighted by Crippen LogP contribution is 2.28. The summed E-state index contributed by atoms with van der Waals surface area (Å²) in [7, 11) is 0. The Labute approximate surface area is 120 Å². The number of rotatable bonds is 7. The average molecular weight is 345 g/mol. The molecule has 0 radical (unpaired) electrons. The van der Waals surface area contributed by atoms with E-state index >= 15 is 0 Å². The second kappa shape index (κ2) is 8.09. The first-order valence-corrected chi connectivity index (χ1v) is 7.79. The van der Waals surface area contributed by atoms with Crippen LogP contribution < -0.4 is 5.32 Å². The van der Waals surface area contributed by atoms with E-state index in [0.29, 0.717) is 6.04 Å². The van der Waals surface area contributed by atoms with Gasteiger partial charge >= 0.3 is 0 Å². The summed E-state index contributed by atoms with van der Waals surface area (Å²) < 4.78 is 1.33. The van der Waals surface area contributed by atoms with Crippen LogP contribution in [0.4, 0.5) is 0 Å². The number of hydrogen-bond acceptors (Lipinski definition) is 1. The van der Waals surface area contributed by atoms with Crippen molar-refractivity contribution in [1.29, 1.82) is 0 Å². The van der Waals surface area contributed by atoms with E-state index in [4.69, 9.17) is 0 Å². The maximum absolute atomic E-state index is 3.71. The predicted octanol–water partition coefficient (Wildman–Crippen LogP) is 4.77. The molecule has 96 valence electrons. The molecule has 1 rings (SSSR count). The molecule has 17 heavy (non-hydrogen) atoms. The van der Waals surface area contributed by atoms with Gasteiger partial charge in [-0.3, -0.25) is 0 Å². The van der Waals surface area contributed by atoms with Gasteiger partial charge in [-0.2, -0.15) is 0 Å². The summed E-state index contributed by atoms with van der Waals surface area (Å²) >= 11 is 2.40. The first-order valence-electron chi connectivity index (χ1n) is 6.71. The molecule has 1 N–H and O–H groups in total. The Morgan fingerprint density at radius 2 is 1.88 bits per heavy atom. The van der Waals surface area contributed by atoms with Crippen molar-refractivity contribution in [2.45, 2.75) is 46.1 Å². The third-order valence-corrected chi connectivity index (χ3v) is 4.01. The summed E-state index contributed by atoms with van der Waals surface area (Å²) in [6, 6.07) is 9.41. The van der Waals surface area contributed by atoms with Crippen LogP contribution in [0.15, 0.2) is 24.3 Å². The van der Waals surface area contributed by atoms with E-state index in [0.717, 1.165) is 12.5 Å². The first kappa shape index (κ1) is 15.0. The first-order chi connectivity index (χ1) is 8.22. The van der Waals surface area contributed by atoms with Gasteiger partial charge in [0.2, 0.25) is 0 Å². The van der Waals surface area contributed by atoms with Crippen molar-refractivity contribution >= 4 is 22.6 Å². The zero-order valence-corrected chi connectivity index (χ0v) is 13.3. The summed E-state index contributed by atoms with van der Waals surface area (Å²) in [4.78, 5) is 0. The Balaban J connectivity index is 2.88. The van der Waals surface area contributed by atoms with Gasteiger partial charge < -0.3 is 5.32 Å². The van der Waals surface area contributed by atoms with Gasteiger partial charge in [-0.05, 0) is 59.2 Å². The quantitative estimate of drug-likeness (QED) is 0.702. The van der Waals surface area contributed by atoms with Crippen LogP contribution in [0.5, 0.6) is 0 Å². The highest BCUT2D eigenvalue weighted by atomic mass is 127. The van der Waals surface area contributed by atoms with Crippen LogP contribution in [0.3, 0.4) is 0 Å². The summed E-state index contributed by atoms with van der Waals surface area (Å²) in [5.74, 6) is 0.736. The molecule has 0 bridgehead atoms. The fraction of sp³-hybridized carbons (Fsp3) is 0.600. The Kier molecular flexibility index (Phi) is 7.12. The summed E-state index contributed by atoms with van der Waals surface area (Å²) in [5, 5.41) is 3.71. The molecule has 0 aliphatic rings. The average Bonchev–Trinajstić information content (AvgIpc) is 2.34. The molecule has 1 unspecified atom stereocenters. The number of halogens is 1. The third kappa shape index (κ3) is 4.59. The molecule has 0 heterocycles. The molecule has 2 heteroatoms. The minimum atomic E-state index is 0.514. The second-order valence-corrected chi connectivity index (χ2v) is 5.81. The van der Waals surface area contributed by atoms with Gasteiger partial charge in [-0.25, -0.2) is 0 Å². The van der Waals surface area contributed by atoms with Gasteiger partial charge in [0, 0.05) is 9.61 Å². The van der Waals surface area contributed by atoms with E-state index in [-0.39, 0.29) is 0 Å². The van der Waals surface area contributed by atoms with Crippen molar-refractivity contribution in [1.82, 2.24) is 5.32 Å². The van der Waals surface area contributed by atoms with Crippen molar-refractivity contribution in [2.75, 3.05) is 6.54 Å². The summed E-state index contributed by atoms with van der Waals surface area (Å²) in [5.41, 5.74) is 1.44. The van der Waals surface area contributed by atoms with Crippen LogP contribution in [-0.2, 0) is 0 Å². The molecule has 0 amide bonds. The van der Waals surface area contributed by atoms with Gasteiger partial charge in [-0.15, -0.1) is 0 Å². The van der Waals surface area contributed by atoms with Crippen LogP contribution in [0.1, 0.15) is 51.6 Å². The Morgan fingerprint density at radius 1 is 1.18 bits per heavy atom. The minimum absolute atomic E-state index is 0.514. The molecular weight excluding hydrogens is 321 g/mol. The Bertz CT molecular complexity index is 320. The maximum atomic E-state index is 3.71. The molecule has 0 saturated carbocycles. The molecular formula is C15H24IN. The van der Waals surface area contributed by atoms with Crippen LogP contribution >= 0.6 is 22.6 Å². The van der Waals surface area contributed by atoms with Crippen molar-refractivity contribution in [2.24, 2.45) is 5.92 Å². The second-order valence-electron chi connectivity index (χ2n) is 4.56. The number of benzene rings is 1. The van der Waals surface area contributed by atoms with Gasteiger partial charge in [-0.1, -0.05) is 45.7 Å². The van der Waals surface area contributed by atoms with Crippen LogP contribution in [-0.4, -0.2) is 6.54 Å². The van der Waals surface area contributed by atoms with E-state index in [9.17, 15) is 0 Å². The zero-order chi connectivity index (χ0) is 12.7. The SMILES string of the molecule is CCCNC(c1cccc(I)c1)C(CC)CC. The fourth-order valence-electron chi connectivity index (χ4n) is 2.32. The summed E-state index contributed by atoms with van der Waals surface area (Å²) in [6.07, 6.45) is 3.67. The number of nitrogens with one attached hydrogen (secondary N) is 1. The molecule has 1 aromatic carbocycles. The molecule has 1 atom stereocenters. The lowest BCUT2D eigenvalue weighted by atomic mass is 9.89. The molecule has 0 aliphatic heterocycles. The normalized spacial score (nSPS) is 13.0. The topological polar surface area (TPSA) is 12.0 Å². The van der Waals surface area contributed by atoms with Gasteiger partial charge in [0.15, 0.2) is 0 Å². The smallest absolute Gasteiger partial charge is 0.0348 e. The Hall–Kier alpha value is -0.0900. The van der Waals surface area contributed by atoms with Crippen LogP contribution in [0.25, 0.3) is 0 Å². The monoisotopic (exact) mass is 345 g/mol. The number of hydrogen-bond donors (Lipinski definition) is 1. The van der Waals surface area contributed by atoms with Crippen molar-refractivity contribution in [3.8, 4) is 0 Å². The minimum Gasteiger partial charge on any atom is -0.310 e. The van der Waals surface area contributed by atoms with E-state index < -0.39 is 0 Å². The summed E-state index contributed by atoms with van der Waals surface area (Å²) in [6.45, 7) is 7.92. The third-order valence-electron chi connectivity index (χ3n) is 3.34. The fourth-order valence-corrected chi connectivity index (χ4v) is 2.88. The molecule has 0 saturated heterocycles. The lowest BCUT2D eigenvalue weighted by Crippen LogP contribution is -2.28. The highest BCUT2D eigenvalue weighted by Gasteiger charge is 2.19. The van der Waals surface area contributed by atoms with Crippen molar-refractivity contribution in [3.05, 3.63) is 33.4 Å². The van der Waals surface area contributed by atoms with Crippen LogP contribution in [0, 0.1) is 9.49 Å². The van der Waals surface area contributed by atoms with Gasteiger partial charge in [0.05, 0.1) is 0 Å². The van der Waals surface area contributed by atoms with E-state index in [2.05, 4.69) is 72.9 Å². The van der Waals surface area contributed by atoms with Crippen molar-refractivity contribution in [3.63, 3.8) is 0 Å². The molecule has 0 aromatic heterocycles. The molecule has 0 aliphatic carbocycles. The molecule has 0 fully saturated rings. The molecule has 0 spiro atoms. The lowest BCUT2D eigenvalue weighted by molar-refractivity contribution is 0.341. The van der Waals surface area contributed by atoms with Gasteiger partial charge in [0.25, 0.3) is 0 Å². The van der Waals surface area contributed by atoms with Crippen molar-refractivity contribution < 1.29 is 0 Å². The Morgan fingerprint density at radius 3 is 2.41 bits per heavy atom. The van der Waals surface area contributed by atoms with Crippen LogP contribution in [0.2, 0.25) is 0 Å². The predicted molar refractivity (Wildman–Crippen MR) is 84.3 cm³/mol. The molecule has 1 nitrogen and oxygen atoms in total. The van der Waals surface area contributed by atoms with E-state index in [1.165, 1.54) is 28.4 Å². The lowest BCUT2D eigenvalue weighted by Gasteiger charge is -2.27. The highest BCUT2D eigenvalue weighted by molar-refractivity contribution is 14.1. The molecule has 1 aromatic rings. The van der Waals surface area contributed by atoms with Gasteiger partial charge in [0.1, 0.15) is 0 Å². The zero-order valence-electron chi connectivity index (χ0n) is 11.2. The van der Waals surface area contributed by atoms with E-state index in [1.807, 2.05) is 0 Å². The largest absolute Gasteiger partial charge is 0.310 e. The standard InChI is InChI=1S/C15H24IN/c1-4-10-17-15(12(5-2)6-3)13-8-7-9-14(16)11-13/h7-9,11-12,15,17H,4-6,10H2,1-3H3.